The van der Waals surface area contributed by atoms with E-state index in [9.17, 15) is 15.2 Å². The Morgan fingerprint density at radius 1 is 1.47 bits per heavy atom. The van der Waals surface area contributed by atoms with Gasteiger partial charge in [-0.2, -0.15) is 0 Å². The van der Waals surface area contributed by atoms with E-state index in [4.69, 9.17) is 14.2 Å². The minimum atomic E-state index is -0.788. The standard InChI is InChI=1S/C10H11NO6/c1-15-8-5-6(11(13)14)4-7(9(8)12)10-16-2-3-17-10/h4-5,10,12H,2-3H2,1H3. The molecule has 1 N–H and O–H groups in total. The highest BCUT2D eigenvalue weighted by molar-refractivity contribution is 5.54. The van der Waals surface area contributed by atoms with Gasteiger partial charge in [0.05, 0.1) is 36.9 Å². The maximum Gasteiger partial charge on any atom is 0.273 e. The monoisotopic (exact) mass is 241 g/mol. The number of nitro groups is 1. The Balaban J connectivity index is 2.48. The highest BCUT2D eigenvalue weighted by Crippen LogP contribution is 2.40. The molecular weight excluding hydrogens is 230 g/mol. The van der Waals surface area contributed by atoms with Crippen molar-refractivity contribution in [3.8, 4) is 11.5 Å². The van der Waals surface area contributed by atoms with E-state index in [0.29, 0.717) is 13.2 Å². The minimum absolute atomic E-state index is 0.0216. The van der Waals surface area contributed by atoms with E-state index in [1.807, 2.05) is 0 Å². The van der Waals surface area contributed by atoms with Crippen LogP contribution in [0, 0.1) is 10.1 Å². The first-order valence-corrected chi connectivity index (χ1v) is 4.92. The molecule has 7 nitrogen and oxygen atoms in total. The lowest BCUT2D eigenvalue weighted by Gasteiger charge is -2.13. The van der Waals surface area contributed by atoms with Crippen molar-refractivity contribution in [2.45, 2.75) is 6.29 Å². The molecule has 1 saturated heterocycles. The number of methoxy groups -OCH3 is 1. The van der Waals surface area contributed by atoms with E-state index >= 15 is 0 Å². The van der Waals surface area contributed by atoms with Gasteiger partial charge < -0.3 is 19.3 Å². The van der Waals surface area contributed by atoms with Crippen molar-refractivity contribution in [2.75, 3.05) is 20.3 Å². The second kappa shape index (κ2) is 4.56. The molecule has 1 aliphatic heterocycles. The number of aromatic hydroxyl groups is 1. The van der Waals surface area contributed by atoms with Crippen molar-refractivity contribution < 1.29 is 24.2 Å². The second-order valence-electron chi connectivity index (χ2n) is 3.42. The molecule has 1 aromatic rings. The summed E-state index contributed by atoms with van der Waals surface area (Å²) in [4.78, 5) is 10.2. The number of nitro benzene ring substituents is 1. The van der Waals surface area contributed by atoms with Crippen LogP contribution in [0.1, 0.15) is 11.9 Å². The van der Waals surface area contributed by atoms with Crippen molar-refractivity contribution in [1.29, 1.82) is 0 Å². The van der Waals surface area contributed by atoms with Gasteiger partial charge in [-0.05, 0) is 0 Å². The van der Waals surface area contributed by atoms with Crippen LogP contribution in [0.3, 0.4) is 0 Å². The average molecular weight is 241 g/mol. The van der Waals surface area contributed by atoms with Gasteiger partial charge in [-0.25, -0.2) is 0 Å². The van der Waals surface area contributed by atoms with Crippen LogP contribution in [0.15, 0.2) is 12.1 Å². The lowest BCUT2D eigenvalue weighted by Crippen LogP contribution is -2.01. The van der Waals surface area contributed by atoms with Crippen LogP contribution in [0.5, 0.6) is 11.5 Å². The number of hydrogen-bond acceptors (Lipinski definition) is 6. The fourth-order valence-electron chi connectivity index (χ4n) is 1.59. The number of benzene rings is 1. The SMILES string of the molecule is COc1cc([N+](=O)[O-])cc(C2OCCO2)c1O. The molecule has 17 heavy (non-hydrogen) atoms. The van der Waals surface area contributed by atoms with Gasteiger partial charge >= 0.3 is 0 Å². The van der Waals surface area contributed by atoms with Crippen molar-refractivity contribution >= 4 is 5.69 Å². The largest absolute Gasteiger partial charge is 0.504 e. The van der Waals surface area contributed by atoms with E-state index in [1.165, 1.54) is 13.2 Å². The Morgan fingerprint density at radius 3 is 2.65 bits per heavy atom. The quantitative estimate of drug-likeness (QED) is 0.634. The van der Waals surface area contributed by atoms with Crippen molar-refractivity contribution in [3.05, 3.63) is 27.8 Å². The van der Waals surface area contributed by atoms with Crippen molar-refractivity contribution in [3.63, 3.8) is 0 Å². The fourth-order valence-corrected chi connectivity index (χ4v) is 1.59. The molecule has 7 heteroatoms. The number of rotatable bonds is 3. The summed E-state index contributed by atoms with van der Waals surface area (Å²) in [6, 6.07) is 2.36. The summed E-state index contributed by atoms with van der Waals surface area (Å²) in [6.45, 7) is 0.768. The van der Waals surface area contributed by atoms with Gasteiger partial charge in [0, 0.05) is 6.07 Å². The molecule has 92 valence electrons. The molecule has 0 amide bonds. The highest BCUT2D eigenvalue weighted by Gasteiger charge is 2.26. The summed E-state index contributed by atoms with van der Waals surface area (Å²) in [7, 11) is 1.32. The predicted octanol–water partition coefficient (Wildman–Crippen LogP) is 1.35. The molecule has 0 bridgehead atoms. The lowest BCUT2D eigenvalue weighted by molar-refractivity contribution is -0.385. The van der Waals surface area contributed by atoms with Crippen molar-refractivity contribution in [2.24, 2.45) is 0 Å². The molecule has 1 aromatic carbocycles. The van der Waals surface area contributed by atoms with Gasteiger partial charge in [-0.1, -0.05) is 0 Å². The summed E-state index contributed by atoms with van der Waals surface area (Å²) >= 11 is 0. The molecule has 0 radical (unpaired) electrons. The minimum Gasteiger partial charge on any atom is -0.504 e. The first-order chi connectivity index (χ1) is 8.13. The number of phenols is 1. The number of phenolic OH excluding ortho intramolecular Hbond substituents is 1. The van der Waals surface area contributed by atoms with Crippen LogP contribution in [0.25, 0.3) is 0 Å². The van der Waals surface area contributed by atoms with Crippen LogP contribution in [0.4, 0.5) is 5.69 Å². The van der Waals surface area contributed by atoms with Crippen LogP contribution in [-0.4, -0.2) is 30.4 Å². The molecule has 0 aliphatic carbocycles. The Kier molecular flexibility index (Phi) is 3.12. The first-order valence-electron chi connectivity index (χ1n) is 4.92. The normalized spacial score (nSPS) is 16.1. The smallest absolute Gasteiger partial charge is 0.273 e. The number of hydrogen-bond donors (Lipinski definition) is 1. The molecule has 1 fully saturated rings. The average Bonchev–Trinajstić information content (AvgIpc) is 2.82. The molecule has 0 atom stereocenters. The summed E-state index contributed by atoms with van der Waals surface area (Å²) < 4.78 is 15.3. The zero-order valence-electron chi connectivity index (χ0n) is 9.08. The third kappa shape index (κ3) is 2.15. The maximum absolute atomic E-state index is 10.7. The Hall–Kier alpha value is -1.86. The van der Waals surface area contributed by atoms with Gasteiger partial charge in [-0.3, -0.25) is 10.1 Å². The molecule has 0 aromatic heterocycles. The van der Waals surface area contributed by atoms with Crippen LogP contribution < -0.4 is 4.74 Å². The summed E-state index contributed by atoms with van der Waals surface area (Å²) in [5.74, 6) is -0.182. The fraction of sp³-hybridized carbons (Fsp3) is 0.400. The molecule has 1 heterocycles. The third-order valence-corrected chi connectivity index (χ3v) is 2.40. The Morgan fingerprint density at radius 2 is 2.12 bits per heavy atom. The van der Waals surface area contributed by atoms with E-state index in [2.05, 4.69) is 0 Å². The summed E-state index contributed by atoms with van der Waals surface area (Å²) in [5, 5.41) is 20.6. The maximum atomic E-state index is 10.7. The molecule has 1 aliphatic rings. The molecule has 0 unspecified atom stereocenters. The topological polar surface area (TPSA) is 91.1 Å². The number of nitrogens with zero attached hydrogens (tertiary/aromatic N) is 1. The van der Waals surface area contributed by atoms with Crippen LogP contribution in [0.2, 0.25) is 0 Å². The lowest BCUT2D eigenvalue weighted by atomic mass is 10.1. The van der Waals surface area contributed by atoms with Crippen molar-refractivity contribution in [1.82, 2.24) is 0 Å². The zero-order valence-corrected chi connectivity index (χ0v) is 9.08. The summed E-state index contributed by atoms with van der Waals surface area (Å²) in [5.41, 5.74) is 0.0160. The van der Waals surface area contributed by atoms with Gasteiger partial charge in [0.15, 0.2) is 17.8 Å². The third-order valence-electron chi connectivity index (χ3n) is 2.40. The Bertz CT molecular complexity index is 441. The van der Waals surface area contributed by atoms with Crippen LogP contribution >= 0.6 is 0 Å². The van der Waals surface area contributed by atoms with Gasteiger partial charge in [0.25, 0.3) is 5.69 Å². The van der Waals surface area contributed by atoms with E-state index in [-0.39, 0.29) is 22.7 Å². The van der Waals surface area contributed by atoms with Gasteiger partial charge in [0.1, 0.15) is 0 Å². The van der Waals surface area contributed by atoms with E-state index in [0.717, 1.165) is 6.07 Å². The van der Waals surface area contributed by atoms with Gasteiger partial charge in [-0.15, -0.1) is 0 Å². The number of ether oxygens (including phenoxy) is 3. The summed E-state index contributed by atoms with van der Waals surface area (Å²) in [6.07, 6.45) is -0.788. The highest BCUT2D eigenvalue weighted by atomic mass is 16.7. The molecule has 0 spiro atoms. The number of non-ortho nitro benzene ring substituents is 1. The van der Waals surface area contributed by atoms with Gasteiger partial charge in [0.2, 0.25) is 0 Å². The molecule has 2 rings (SSSR count). The molecule has 0 saturated carbocycles. The molecular formula is C10H11NO6. The predicted molar refractivity (Wildman–Crippen MR) is 56.0 cm³/mol. The van der Waals surface area contributed by atoms with E-state index < -0.39 is 11.2 Å². The second-order valence-corrected chi connectivity index (χ2v) is 3.42. The first kappa shape index (κ1) is 11.6. The van der Waals surface area contributed by atoms with Crippen LogP contribution in [-0.2, 0) is 9.47 Å². The zero-order chi connectivity index (χ0) is 12.4. The Labute approximate surface area is 96.7 Å². The van der Waals surface area contributed by atoms with E-state index in [1.54, 1.807) is 0 Å².